The van der Waals surface area contributed by atoms with Gasteiger partial charge in [-0.05, 0) is 54.8 Å². The van der Waals surface area contributed by atoms with Crippen molar-refractivity contribution in [1.29, 1.82) is 0 Å². The Kier molecular flexibility index (Phi) is 3.55. The SMILES string of the molecule is Cc1cc(C)c2ccc(/C=C/c3cccc(O)c3)nc2c1O. The smallest absolute Gasteiger partial charge is 0.144 e. The predicted octanol–water partition coefficient (Wildman–Crippen LogP) is 4.43. The number of pyridine rings is 1. The molecule has 0 amide bonds. The number of aromatic hydroxyl groups is 2. The Balaban J connectivity index is 2.04. The van der Waals surface area contributed by atoms with E-state index in [0.717, 1.165) is 27.8 Å². The monoisotopic (exact) mass is 291 g/mol. The van der Waals surface area contributed by atoms with E-state index in [2.05, 4.69) is 4.98 Å². The van der Waals surface area contributed by atoms with Crippen molar-refractivity contribution in [2.24, 2.45) is 0 Å². The van der Waals surface area contributed by atoms with Crippen LogP contribution in [-0.4, -0.2) is 15.2 Å². The molecule has 3 rings (SSSR count). The Hall–Kier alpha value is -2.81. The molecule has 0 radical (unpaired) electrons. The summed E-state index contributed by atoms with van der Waals surface area (Å²) < 4.78 is 0. The summed E-state index contributed by atoms with van der Waals surface area (Å²) in [5.74, 6) is 0.464. The van der Waals surface area contributed by atoms with Crippen molar-refractivity contribution in [2.75, 3.05) is 0 Å². The first-order valence-electron chi connectivity index (χ1n) is 7.11. The van der Waals surface area contributed by atoms with Gasteiger partial charge in [-0.15, -0.1) is 0 Å². The molecule has 1 heterocycles. The molecule has 3 nitrogen and oxygen atoms in total. The summed E-state index contributed by atoms with van der Waals surface area (Å²) in [7, 11) is 0. The van der Waals surface area contributed by atoms with E-state index < -0.39 is 0 Å². The zero-order chi connectivity index (χ0) is 15.7. The third-order valence-corrected chi connectivity index (χ3v) is 3.69. The lowest BCUT2D eigenvalue weighted by molar-refractivity contribution is 0.475. The van der Waals surface area contributed by atoms with Gasteiger partial charge in [0.2, 0.25) is 0 Å². The molecule has 2 aromatic carbocycles. The number of aryl methyl sites for hydroxylation is 2. The number of hydrogen-bond donors (Lipinski definition) is 2. The van der Waals surface area contributed by atoms with E-state index in [-0.39, 0.29) is 11.5 Å². The van der Waals surface area contributed by atoms with Crippen LogP contribution < -0.4 is 0 Å². The van der Waals surface area contributed by atoms with Gasteiger partial charge in [-0.3, -0.25) is 0 Å². The van der Waals surface area contributed by atoms with Crippen molar-refractivity contribution in [3.63, 3.8) is 0 Å². The van der Waals surface area contributed by atoms with E-state index in [1.807, 2.05) is 50.3 Å². The molecule has 110 valence electrons. The first kappa shape index (κ1) is 14.1. The molecule has 1 aromatic heterocycles. The van der Waals surface area contributed by atoms with Gasteiger partial charge in [0.15, 0.2) is 0 Å². The van der Waals surface area contributed by atoms with Crippen LogP contribution in [-0.2, 0) is 0 Å². The van der Waals surface area contributed by atoms with E-state index in [1.54, 1.807) is 18.2 Å². The number of rotatable bonds is 2. The molecule has 22 heavy (non-hydrogen) atoms. The Morgan fingerprint density at radius 2 is 1.73 bits per heavy atom. The fraction of sp³-hybridized carbons (Fsp3) is 0.105. The number of hydrogen-bond acceptors (Lipinski definition) is 3. The third-order valence-electron chi connectivity index (χ3n) is 3.69. The second-order valence-corrected chi connectivity index (χ2v) is 5.42. The number of nitrogens with zero attached hydrogens (tertiary/aromatic N) is 1. The van der Waals surface area contributed by atoms with Gasteiger partial charge in [-0.25, -0.2) is 4.98 Å². The number of aromatic nitrogens is 1. The second-order valence-electron chi connectivity index (χ2n) is 5.42. The van der Waals surface area contributed by atoms with E-state index in [1.165, 1.54) is 0 Å². The lowest BCUT2D eigenvalue weighted by atomic mass is 10.0. The Morgan fingerprint density at radius 3 is 2.50 bits per heavy atom. The summed E-state index contributed by atoms with van der Waals surface area (Å²) >= 11 is 0. The largest absolute Gasteiger partial charge is 0.508 e. The lowest BCUT2D eigenvalue weighted by Crippen LogP contribution is -1.89. The molecule has 0 saturated heterocycles. The standard InChI is InChI=1S/C19H17NO2/c1-12-10-13(2)19(22)18-17(12)9-8-15(20-18)7-6-14-4-3-5-16(21)11-14/h3-11,21-22H,1-2H3/b7-6+. The predicted molar refractivity (Wildman–Crippen MR) is 89.9 cm³/mol. The van der Waals surface area contributed by atoms with Crippen molar-refractivity contribution in [3.8, 4) is 11.5 Å². The average molecular weight is 291 g/mol. The fourth-order valence-electron chi connectivity index (χ4n) is 2.53. The van der Waals surface area contributed by atoms with Gasteiger partial charge in [0.05, 0.1) is 5.69 Å². The van der Waals surface area contributed by atoms with Crippen molar-refractivity contribution in [1.82, 2.24) is 4.98 Å². The van der Waals surface area contributed by atoms with Gasteiger partial charge in [0.1, 0.15) is 17.0 Å². The third kappa shape index (κ3) is 2.66. The average Bonchev–Trinajstić information content (AvgIpc) is 2.50. The van der Waals surface area contributed by atoms with E-state index in [9.17, 15) is 10.2 Å². The molecule has 0 aliphatic carbocycles. The molecule has 0 fully saturated rings. The first-order valence-corrected chi connectivity index (χ1v) is 7.11. The second kappa shape index (κ2) is 5.53. The van der Waals surface area contributed by atoms with Crippen LogP contribution in [0.4, 0.5) is 0 Å². The summed E-state index contributed by atoms with van der Waals surface area (Å²) in [4.78, 5) is 4.53. The van der Waals surface area contributed by atoms with Crippen LogP contribution >= 0.6 is 0 Å². The summed E-state index contributed by atoms with van der Waals surface area (Å²) in [5, 5.41) is 20.6. The van der Waals surface area contributed by atoms with E-state index in [0.29, 0.717) is 5.52 Å². The summed E-state index contributed by atoms with van der Waals surface area (Å²) in [6.07, 6.45) is 3.75. The summed E-state index contributed by atoms with van der Waals surface area (Å²) in [6, 6.07) is 12.9. The quantitative estimate of drug-likeness (QED) is 0.734. The zero-order valence-electron chi connectivity index (χ0n) is 12.5. The van der Waals surface area contributed by atoms with Gasteiger partial charge in [-0.1, -0.05) is 30.3 Å². The van der Waals surface area contributed by atoms with Crippen molar-refractivity contribution < 1.29 is 10.2 Å². The molecule has 2 N–H and O–H groups in total. The number of phenols is 2. The van der Waals surface area contributed by atoms with Crippen LogP contribution in [0.5, 0.6) is 11.5 Å². The highest BCUT2D eigenvalue weighted by molar-refractivity contribution is 5.89. The molecule has 0 bridgehead atoms. The topological polar surface area (TPSA) is 53.4 Å². The maximum absolute atomic E-state index is 10.2. The Morgan fingerprint density at radius 1 is 0.909 bits per heavy atom. The van der Waals surface area contributed by atoms with Crippen LogP contribution in [0, 0.1) is 13.8 Å². The number of fused-ring (bicyclic) bond motifs is 1. The molecule has 0 saturated carbocycles. The zero-order valence-corrected chi connectivity index (χ0v) is 12.5. The van der Waals surface area contributed by atoms with Crippen molar-refractivity contribution in [3.05, 3.63) is 64.8 Å². The van der Waals surface area contributed by atoms with Crippen LogP contribution in [0.15, 0.2) is 42.5 Å². The van der Waals surface area contributed by atoms with Gasteiger partial charge < -0.3 is 10.2 Å². The van der Waals surface area contributed by atoms with Gasteiger partial charge in [0.25, 0.3) is 0 Å². The molecule has 0 atom stereocenters. The van der Waals surface area contributed by atoms with Crippen LogP contribution in [0.25, 0.3) is 23.1 Å². The Bertz CT molecular complexity index is 882. The molecule has 3 heteroatoms. The Labute approximate surface area is 129 Å². The maximum atomic E-state index is 10.2. The minimum absolute atomic E-state index is 0.230. The van der Waals surface area contributed by atoms with Gasteiger partial charge in [0, 0.05) is 5.39 Å². The molecule has 0 aliphatic heterocycles. The highest BCUT2D eigenvalue weighted by Gasteiger charge is 2.08. The highest BCUT2D eigenvalue weighted by Crippen LogP contribution is 2.30. The number of phenolic OH excluding ortho intramolecular Hbond substituents is 2. The molecule has 0 unspecified atom stereocenters. The minimum atomic E-state index is 0.230. The number of benzene rings is 2. The fourth-order valence-corrected chi connectivity index (χ4v) is 2.53. The van der Waals surface area contributed by atoms with E-state index >= 15 is 0 Å². The molecule has 0 aliphatic rings. The normalized spacial score (nSPS) is 11.4. The lowest BCUT2D eigenvalue weighted by Gasteiger charge is -2.07. The summed E-state index contributed by atoms with van der Waals surface area (Å²) in [6.45, 7) is 3.89. The van der Waals surface area contributed by atoms with Gasteiger partial charge in [-0.2, -0.15) is 0 Å². The molecular formula is C19H17NO2. The molecular weight excluding hydrogens is 274 g/mol. The minimum Gasteiger partial charge on any atom is -0.508 e. The molecule has 3 aromatic rings. The molecule has 0 spiro atoms. The van der Waals surface area contributed by atoms with Crippen molar-refractivity contribution in [2.45, 2.75) is 13.8 Å². The van der Waals surface area contributed by atoms with Crippen LogP contribution in [0.1, 0.15) is 22.4 Å². The van der Waals surface area contributed by atoms with Crippen LogP contribution in [0.3, 0.4) is 0 Å². The maximum Gasteiger partial charge on any atom is 0.144 e. The highest BCUT2D eigenvalue weighted by atomic mass is 16.3. The van der Waals surface area contributed by atoms with Gasteiger partial charge >= 0.3 is 0 Å². The summed E-state index contributed by atoms with van der Waals surface area (Å²) in [5.41, 5.74) is 4.20. The van der Waals surface area contributed by atoms with Crippen molar-refractivity contribution >= 4 is 23.1 Å². The van der Waals surface area contributed by atoms with Crippen LogP contribution in [0.2, 0.25) is 0 Å². The van der Waals surface area contributed by atoms with E-state index in [4.69, 9.17) is 0 Å². The first-order chi connectivity index (χ1) is 10.5.